The molecule has 4 aliphatic carbocycles. The van der Waals surface area contributed by atoms with Crippen molar-refractivity contribution in [3.8, 4) is 0 Å². The first-order valence-electron chi connectivity index (χ1n) is 31.1. The van der Waals surface area contributed by atoms with E-state index < -0.39 is 221 Å². The van der Waals surface area contributed by atoms with Gasteiger partial charge in [0.05, 0.1) is 56.9 Å². The molecule has 2 bridgehead atoms. The Labute approximate surface area is 505 Å². The monoisotopic (exact) mass is 1250 g/mol. The van der Waals surface area contributed by atoms with E-state index in [1.165, 1.54) is 19.4 Å². The van der Waals surface area contributed by atoms with E-state index in [0.717, 1.165) is 19.3 Å². The van der Waals surface area contributed by atoms with Crippen LogP contribution in [0.1, 0.15) is 106 Å². The third kappa shape index (κ3) is 12.1. The highest BCUT2D eigenvalue weighted by atomic mass is 16.8. The molecule has 6 aliphatic heterocycles. The molecular weight excluding hydrogens is 1160 g/mol. The van der Waals surface area contributed by atoms with Crippen LogP contribution in [0.4, 0.5) is 0 Å². The van der Waals surface area contributed by atoms with Crippen molar-refractivity contribution in [3.63, 3.8) is 0 Å². The Morgan fingerprint density at radius 2 is 1.05 bits per heavy atom. The Morgan fingerprint density at radius 1 is 0.483 bits per heavy atom. The fourth-order valence-electron chi connectivity index (χ4n) is 17.2. The lowest BCUT2D eigenvalue weighted by Gasteiger charge is -2.66. The van der Waals surface area contributed by atoms with Gasteiger partial charge in [0.2, 0.25) is 0 Å². The summed E-state index contributed by atoms with van der Waals surface area (Å²) in [6, 6.07) is 0. The molecule has 0 spiro atoms. The molecule has 87 heavy (non-hydrogen) atoms. The number of hydrogen-bond donors (Lipinski definition) is 17. The van der Waals surface area contributed by atoms with Crippen LogP contribution in [0.5, 0.6) is 0 Å². The van der Waals surface area contributed by atoms with Crippen molar-refractivity contribution >= 4 is 0 Å². The van der Waals surface area contributed by atoms with Crippen LogP contribution in [0.15, 0.2) is 11.6 Å². The van der Waals surface area contributed by atoms with E-state index in [0.29, 0.717) is 25.7 Å². The number of hydrogen-bond acceptors (Lipinski definition) is 28. The summed E-state index contributed by atoms with van der Waals surface area (Å²) in [7, 11) is 0. The molecule has 0 aromatic rings. The molecule has 6 heterocycles. The average Bonchev–Trinajstić information content (AvgIpc) is 1.66. The van der Waals surface area contributed by atoms with Gasteiger partial charge in [-0.3, -0.25) is 0 Å². The van der Waals surface area contributed by atoms with Crippen LogP contribution >= 0.6 is 0 Å². The summed E-state index contributed by atoms with van der Waals surface area (Å²) in [4.78, 5) is 0. The first-order chi connectivity index (χ1) is 40.9. The van der Waals surface area contributed by atoms with Gasteiger partial charge in [-0.2, -0.15) is 0 Å². The molecule has 502 valence electrons. The van der Waals surface area contributed by atoms with E-state index in [9.17, 15) is 86.8 Å². The molecule has 0 amide bonds. The lowest BCUT2D eigenvalue weighted by molar-refractivity contribution is -0.386. The molecule has 3 saturated carbocycles. The number of aliphatic hydroxyl groups excluding tert-OH is 16. The number of aliphatic hydroxyl groups is 17. The molecule has 0 aromatic carbocycles. The number of rotatable bonds is 13. The fourth-order valence-corrected chi connectivity index (χ4v) is 17.2. The SMILES string of the molecule is CC(C)(O)C1CC[C@H]([C@H]2CC[C@@]3(C)C4CC=C5C(CC[C@H](OC6OC(CO)C(OC7OC(CO)C(O)C(O)C7O)C(O)C6O)C5(C)C)[C@]4(C)CC[C@]23C)OC2C(O)C(CO)OC(OC3C(OC(COC4OC(CO)C(O)C(O)C4O)C(O)C3O)O1)C2O. The van der Waals surface area contributed by atoms with Gasteiger partial charge in [-0.05, 0) is 106 Å². The van der Waals surface area contributed by atoms with Crippen molar-refractivity contribution in [2.75, 3.05) is 33.0 Å². The highest BCUT2D eigenvalue weighted by molar-refractivity contribution is 5.31. The van der Waals surface area contributed by atoms with Gasteiger partial charge < -0.3 is 139 Å². The lowest BCUT2D eigenvalue weighted by atomic mass is 9.39. The van der Waals surface area contributed by atoms with E-state index in [1.54, 1.807) is 0 Å². The van der Waals surface area contributed by atoms with E-state index >= 15 is 0 Å². The number of ether oxygens (including phenoxy) is 11. The van der Waals surface area contributed by atoms with Gasteiger partial charge in [0.1, 0.15) is 122 Å². The second kappa shape index (κ2) is 26.1. The van der Waals surface area contributed by atoms with Gasteiger partial charge in [0.25, 0.3) is 0 Å². The van der Waals surface area contributed by atoms with E-state index in [-0.39, 0.29) is 41.4 Å². The van der Waals surface area contributed by atoms with Crippen molar-refractivity contribution < 1.29 is 139 Å². The summed E-state index contributed by atoms with van der Waals surface area (Å²) < 4.78 is 67.3. The summed E-state index contributed by atoms with van der Waals surface area (Å²) in [5, 5.41) is 185. The van der Waals surface area contributed by atoms with Crippen molar-refractivity contribution in [1.82, 2.24) is 0 Å². The third-order valence-electron chi connectivity index (χ3n) is 22.7. The summed E-state index contributed by atoms with van der Waals surface area (Å²) in [5.74, 6) is 0.0800. The second-order valence-corrected chi connectivity index (χ2v) is 28.3. The molecule has 34 atom stereocenters. The molecule has 28 nitrogen and oxygen atoms in total. The van der Waals surface area contributed by atoms with Gasteiger partial charge in [0.15, 0.2) is 31.5 Å². The summed E-state index contributed by atoms with van der Waals surface area (Å²) in [6.07, 6.45) is -34.9. The maximum absolute atomic E-state index is 12.2. The molecule has 28 heteroatoms. The molecular formula is C59H98O28. The minimum atomic E-state index is -1.87. The largest absolute Gasteiger partial charge is 0.394 e. The minimum Gasteiger partial charge on any atom is -0.394 e. The van der Waals surface area contributed by atoms with E-state index in [1.807, 2.05) is 0 Å². The fraction of sp³-hybridized carbons (Fsp3) is 0.966. The van der Waals surface area contributed by atoms with Crippen LogP contribution < -0.4 is 0 Å². The maximum atomic E-state index is 12.2. The van der Waals surface area contributed by atoms with Gasteiger partial charge in [-0.25, -0.2) is 0 Å². The van der Waals surface area contributed by atoms with Crippen molar-refractivity contribution in [2.45, 2.75) is 284 Å². The Hall–Kier alpha value is -1.38. The van der Waals surface area contributed by atoms with Crippen LogP contribution in [-0.4, -0.2) is 297 Å². The standard InChI is InChI=1S/C59H98O28/c1-55(2)23-8-11-32-57(5,24(23)9-12-33(55)84-51-45(74)42(71)47(30(21-63)82-51)86-52-44(73)40(69)36(65)28(19-61)80-52)16-17-58(6)25(14-15-59(32,58)7)26-10-13-34(56(3,4)76)85-54-49(87-53-46(75)48(78-26)38(67)29(20-62)81-53)41(70)37(66)31(83-54)22-77-50-43(72)39(68)35(64)27(18-60)79-50/h8,24-54,60-76H,9-22H2,1-7H3/t24?,25-,26-,27?,28?,29?,30?,31?,32?,33+,34?,35?,36?,37?,38?,39?,40?,41?,42?,43?,44?,45?,46?,47?,48?,49?,50?,51?,52?,53?,54?,57+,58-,59+/m1/s1. The maximum Gasteiger partial charge on any atom is 0.187 e. The molecule has 9 fully saturated rings. The Bertz CT molecular complexity index is 2320. The predicted molar refractivity (Wildman–Crippen MR) is 292 cm³/mol. The first-order valence-corrected chi connectivity index (χ1v) is 31.1. The Kier molecular flexibility index (Phi) is 20.5. The zero-order valence-electron chi connectivity index (χ0n) is 50.5. The van der Waals surface area contributed by atoms with Gasteiger partial charge in [0, 0.05) is 5.41 Å². The van der Waals surface area contributed by atoms with Crippen molar-refractivity contribution in [2.24, 2.45) is 39.4 Å². The molecule has 10 aliphatic rings. The summed E-state index contributed by atoms with van der Waals surface area (Å²) in [6.45, 7) is 10.8. The molecule has 28 unspecified atom stereocenters. The zero-order chi connectivity index (χ0) is 63.4. The highest BCUT2D eigenvalue weighted by Gasteiger charge is 2.69. The number of allylic oxidation sites excluding steroid dienone is 1. The molecule has 10 rings (SSSR count). The predicted octanol–water partition coefficient (Wildman–Crippen LogP) is -4.61. The van der Waals surface area contributed by atoms with Crippen LogP contribution in [0.2, 0.25) is 0 Å². The van der Waals surface area contributed by atoms with E-state index in [2.05, 4.69) is 40.7 Å². The summed E-state index contributed by atoms with van der Waals surface area (Å²) >= 11 is 0. The Morgan fingerprint density at radius 3 is 1.68 bits per heavy atom. The smallest absolute Gasteiger partial charge is 0.187 e. The van der Waals surface area contributed by atoms with Crippen LogP contribution in [-0.2, 0) is 52.1 Å². The highest BCUT2D eigenvalue weighted by Crippen LogP contribution is 2.75. The average molecular weight is 1260 g/mol. The first kappa shape index (κ1) is 68.5. The molecule has 17 N–H and O–H groups in total. The minimum absolute atomic E-state index is 0.101. The van der Waals surface area contributed by atoms with Gasteiger partial charge in [-0.15, -0.1) is 0 Å². The number of fused-ring (bicyclic) bond motifs is 8. The van der Waals surface area contributed by atoms with Crippen LogP contribution in [0.3, 0.4) is 0 Å². The Balaban J connectivity index is 0.867. The van der Waals surface area contributed by atoms with Crippen molar-refractivity contribution in [3.05, 3.63) is 11.6 Å². The lowest BCUT2D eigenvalue weighted by Crippen LogP contribution is -2.66. The van der Waals surface area contributed by atoms with Crippen LogP contribution in [0, 0.1) is 39.4 Å². The summed E-state index contributed by atoms with van der Waals surface area (Å²) in [5.41, 5.74) is -1.94. The van der Waals surface area contributed by atoms with Crippen LogP contribution in [0.25, 0.3) is 0 Å². The second-order valence-electron chi connectivity index (χ2n) is 28.3. The van der Waals surface area contributed by atoms with E-state index in [4.69, 9.17) is 52.1 Å². The zero-order valence-corrected chi connectivity index (χ0v) is 50.5. The quantitative estimate of drug-likeness (QED) is 0.0772. The normalized spacial score (nSPS) is 54.0. The topological polar surface area (TPSA) is 445 Å². The molecule has 6 saturated heterocycles. The van der Waals surface area contributed by atoms with Gasteiger partial charge in [-0.1, -0.05) is 46.3 Å². The van der Waals surface area contributed by atoms with Gasteiger partial charge >= 0.3 is 0 Å². The molecule has 0 aromatic heterocycles. The third-order valence-corrected chi connectivity index (χ3v) is 22.7. The van der Waals surface area contributed by atoms with Crippen molar-refractivity contribution in [1.29, 1.82) is 0 Å². The molecule has 0 radical (unpaired) electrons.